The number of methoxy groups -OCH3 is 1. The zero-order chi connectivity index (χ0) is 15.1. The first-order chi connectivity index (χ1) is 9.43. The summed E-state index contributed by atoms with van der Waals surface area (Å²) in [5.74, 6) is -1.14. The SMILES string of the molecule is COCC(NC(=O)NC(C)c1cccc(Br)c1)C(=O)O. The molecular formula is C13H17BrN2O4. The van der Waals surface area contributed by atoms with Crippen LogP contribution in [0.5, 0.6) is 0 Å². The predicted octanol–water partition coefficient (Wildman–Crippen LogP) is 1.91. The van der Waals surface area contributed by atoms with E-state index >= 15 is 0 Å². The molecule has 7 heteroatoms. The van der Waals surface area contributed by atoms with Crippen LogP contribution < -0.4 is 10.6 Å². The molecule has 2 amide bonds. The Labute approximate surface area is 125 Å². The highest BCUT2D eigenvalue weighted by Crippen LogP contribution is 2.17. The van der Waals surface area contributed by atoms with Gasteiger partial charge in [0.05, 0.1) is 12.6 Å². The van der Waals surface area contributed by atoms with Gasteiger partial charge < -0.3 is 20.5 Å². The molecule has 0 heterocycles. The number of urea groups is 1. The lowest BCUT2D eigenvalue weighted by Gasteiger charge is -2.18. The van der Waals surface area contributed by atoms with Crippen molar-refractivity contribution in [1.82, 2.24) is 10.6 Å². The summed E-state index contributed by atoms with van der Waals surface area (Å²) < 4.78 is 5.65. The van der Waals surface area contributed by atoms with Gasteiger partial charge in [0.1, 0.15) is 0 Å². The molecule has 0 bridgehead atoms. The second-order valence-electron chi connectivity index (χ2n) is 4.24. The van der Waals surface area contributed by atoms with Crippen LogP contribution in [-0.4, -0.2) is 36.9 Å². The monoisotopic (exact) mass is 344 g/mol. The third-order valence-corrected chi connectivity index (χ3v) is 3.13. The van der Waals surface area contributed by atoms with Crippen LogP contribution in [0.4, 0.5) is 4.79 Å². The molecule has 3 N–H and O–H groups in total. The van der Waals surface area contributed by atoms with Crippen LogP contribution in [0.25, 0.3) is 0 Å². The van der Waals surface area contributed by atoms with Gasteiger partial charge in [-0.15, -0.1) is 0 Å². The molecule has 0 saturated carbocycles. The van der Waals surface area contributed by atoms with Gasteiger partial charge in [-0.1, -0.05) is 28.1 Å². The first-order valence-corrected chi connectivity index (χ1v) is 6.77. The molecule has 0 aliphatic carbocycles. The number of benzene rings is 1. The molecule has 6 nitrogen and oxygen atoms in total. The molecule has 2 atom stereocenters. The number of carboxylic acids is 1. The fourth-order valence-corrected chi connectivity index (χ4v) is 2.01. The topological polar surface area (TPSA) is 87.7 Å². The van der Waals surface area contributed by atoms with Crippen LogP contribution in [0.3, 0.4) is 0 Å². The Morgan fingerprint density at radius 2 is 2.10 bits per heavy atom. The van der Waals surface area contributed by atoms with Gasteiger partial charge in [-0.25, -0.2) is 9.59 Å². The zero-order valence-corrected chi connectivity index (χ0v) is 12.8. The van der Waals surface area contributed by atoms with Crippen LogP contribution in [0, 0.1) is 0 Å². The van der Waals surface area contributed by atoms with Gasteiger partial charge in [-0.3, -0.25) is 0 Å². The van der Waals surface area contributed by atoms with Crippen molar-refractivity contribution in [3.8, 4) is 0 Å². The number of amides is 2. The van der Waals surface area contributed by atoms with Crippen molar-refractivity contribution in [3.05, 3.63) is 34.3 Å². The molecule has 0 aromatic heterocycles. The number of aliphatic carboxylic acids is 1. The third kappa shape index (κ3) is 5.18. The quantitative estimate of drug-likeness (QED) is 0.735. The fourth-order valence-electron chi connectivity index (χ4n) is 1.60. The van der Waals surface area contributed by atoms with Crippen molar-refractivity contribution >= 4 is 27.9 Å². The minimum absolute atomic E-state index is 0.0893. The summed E-state index contributed by atoms with van der Waals surface area (Å²) in [6.07, 6.45) is 0. The van der Waals surface area contributed by atoms with Crippen LogP contribution in [0.1, 0.15) is 18.5 Å². The molecule has 0 aliphatic rings. The van der Waals surface area contributed by atoms with Gasteiger partial charge in [0.25, 0.3) is 0 Å². The van der Waals surface area contributed by atoms with E-state index in [2.05, 4.69) is 26.6 Å². The van der Waals surface area contributed by atoms with Crippen LogP contribution in [0.2, 0.25) is 0 Å². The van der Waals surface area contributed by atoms with E-state index in [9.17, 15) is 9.59 Å². The molecule has 1 aromatic rings. The largest absolute Gasteiger partial charge is 0.480 e. The molecule has 1 rings (SSSR count). The van der Waals surface area contributed by atoms with E-state index in [-0.39, 0.29) is 12.6 Å². The van der Waals surface area contributed by atoms with Crippen molar-refractivity contribution in [1.29, 1.82) is 0 Å². The lowest BCUT2D eigenvalue weighted by molar-refractivity contribution is -0.140. The second kappa shape index (κ2) is 7.86. The number of hydrogen-bond acceptors (Lipinski definition) is 3. The Balaban J connectivity index is 2.59. The summed E-state index contributed by atoms with van der Waals surface area (Å²) in [5.41, 5.74) is 0.910. The first kappa shape index (κ1) is 16.5. The standard InChI is InChI=1S/C13H17BrN2O4/c1-8(9-4-3-5-10(14)6-9)15-13(19)16-11(7-20-2)12(17)18/h3-6,8,11H,7H2,1-2H3,(H,17,18)(H2,15,16,19). The summed E-state index contributed by atoms with van der Waals surface area (Å²) >= 11 is 3.35. The minimum atomic E-state index is -1.14. The number of halogens is 1. The Hall–Kier alpha value is -1.60. The summed E-state index contributed by atoms with van der Waals surface area (Å²) in [4.78, 5) is 22.6. The lowest BCUT2D eigenvalue weighted by Crippen LogP contribution is -2.48. The maximum atomic E-state index is 11.7. The average molecular weight is 345 g/mol. The molecule has 0 saturated heterocycles. The molecule has 110 valence electrons. The molecular weight excluding hydrogens is 328 g/mol. The number of carboxylic acid groups (broad SMARTS) is 1. The number of hydrogen-bond donors (Lipinski definition) is 3. The maximum Gasteiger partial charge on any atom is 0.328 e. The smallest absolute Gasteiger partial charge is 0.328 e. The number of rotatable bonds is 6. The van der Waals surface area contributed by atoms with E-state index in [1.165, 1.54) is 7.11 Å². The molecule has 20 heavy (non-hydrogen) atoms. The van der Waals surface area contributed by atoms with Gasteiger partial charge >= 0.3 is 12.0 Å². The molecule has 0 radical (unpaired) electrons. The average Bonchev–Trinajstić information content (AvgIpc) is 2.38. The Kier molecular flexibility index (Phi) is 6.47. The van der Waals surface area contributed by atoms with Crippen LogP contribution in [0.15, 0.2) is 28.7 Å². The van der Waals surface area contributed by atoms with E-state index < -0.39 is 18.0 Å². The van der Waals surface area contributed by atoms with E-state index in [1.54, 1.807) is 0 Å². The van der Waals surface area contributed by atoms with Gasteiger partial charge in [0.2, 0.25) is 0 Å². The van der Waals surface area contributed by atoms with E-state index in [1.807, 2.05) is 31.2 Å². The highest BCUT2D eigenvalue weighted by Gasteiger charge is 2.20. The highest BCUT2D eigenvalue weighted by atomic mass is 79.9. The lowest BCUT2D eigenvalue weighted by atomic mass is 10.1. The van der Waals surface area contributed by atoms with Crippen LogP contribution >= 0.6 is 15.9 Å². The number of ether oxygens (including phenoxy) is 1. The Morgan fingerprint density at radius 3 is 2.65 bits per heavy atom. The molecule has 0 fully saturated rings. The number of carbonyl (C=O) groups excluding carboxylic acids is 1. The van der Waals surface area contributed by atoms with E-state index in [4.69, 9.17) is 9.84 Å². The van der Waals surface area contributed by atoms with Crippen molar-refractivity contribution in [3.63, 3.8) is 0 Å². The molecule has 2 unspecified atom stereocenters. The van der Waals surface area contributed by atoms with Crippen molar-refractivity contribution in [2.45, 2.75) is 19.0 Å². The zero-order valence-electron chi connectivity index (χ0n) is 11.2. The van der Waals surface area contributed by atoms with E-state index in [0.29, 0.717) is 0 Å². The minimum Gasteiger partial charge on any atom is -0.480 e. The summed E-state index contributed by atoms with van der Waals surface area (Å²) in [6.45, 7) is 1.72. The number of nitrogens with one attached hydrogen (secondary N) is 2. The van der Waals surface area contributed by atoms with Crippen LogP contribution in [-0.2, 0) is 9.53 Å². The van der Waals surface area contributed by atoms with E-state index in [0.717, 1.165) is 10.0 Å². The molecule has 1 aromatic carbocycles. The summed E-state index contributed by atoms with van der Waals surface area (Å²) in [6, 6.07) is 5.63. The highest BCUT2D eigenvalue weighted by molar-refractivity contribution is 9.10. The normalized spacial score (nSPS) is 13.3. The van der Waals surface area contributed by atoms with Gasteiger partial charge in [-0.2, -0.15) is 0 Å². The first-order valence-electron chi connectivity index (χ1n) is 5.98. The number of carbonyl (C=O) groups is 2. The predicted molar refractivity (Wildman–Crippen MR) is 77.5 cm³/mol. The third-order valence-electron chi connectivity index (χ3n) is 2.63. The maximum absolute atomic E-state index is 11.7. The summed E-state index contributed by atoms with van der Waals surface area (Å²) in [5, 5.41) is 13.9. The second-order valence-corrected chi connectivity index (χ2v) is 5.16. The van der Waals surface area contributed by atoms with Gasteiger partial charge in [-0.05, 0) is 24.6 Å². The Bertz CT molecular complexity index is 481. The van der Waals surface area contributed by atoms with Crippen molar-refractivity contribution < 1.29 is 19.4 Å². The van der Waals surface area contributed by atoms with Gasteiger partial charge in [0, 0.05) is 11.6 Å². The van der Waals surface area contributed by atoms with Crippen molar-refractivity contribution in [2.75, 3.05) is 13.7 Å². The van der Waals surface area contributed by atoms with Gasteiger partial charge in [0.15, 0.2) is 6.04 Å². The Morgan fingerprint density at radius 1 is 1.40 bits per heavy atom. The summed E-state index contributed by atoms with van der Waals surface area (Å²) in [7, 11) is 1.37. The fraction of sp³-hybridized carbons (Fsp3) is 0.385. The molecule has 0 aliphatic heterocycles. The van der Waals surface area contributed by atoms with Crippen molar-refractivity contribution in [2.24, 2.45) is 0 Å². The molecule has 0 spiro atoms.